The summed E-state index contributed by atoms with van der Waals surface area (Å²) in [6.45, 7) is 0.438. The summed E-state index contributed by atoms with van der Waals surface area (Å²) >= 11 is 0. The minimum Gasteiger partial charge on any atom is -0.484 e. The van der Waals surface area contributed by atoms with Crippen molar-refractivity contribution in [2.45, 2.75) is 18.4 Å². The van der Waals surface area contributed by atoms with Crippen molar-refractivity contribution in [1.29, 1.82) is 0 Å². The van der Waals surface area contributed by atoms with Crippen LogP contribution in [0.3, 0.4) is 0 Å². The predicted octanol–water partition coefficient (Wildman–Crippen LogP) is 5.57. The second-order valence-electron chi connectivity index (χ2n) is 9.14. The number of halogens is 2. The number of benzene rings is 4. The van der Waals surface area contributed by atoms with Crippen molar-refractivity contribution in [3.05, 3.63) is 125 Å². The summed E-state index contributed by atoms with van der Waals surface area (Å²) in [5, 5.41) is 5.60. The van der Waals surface area contributed by atoms with E-state index >= 15 is 0 Å². The first-order valence-corrected chi connectivity index (χ1v) is 12.3. The summed E-state index contributed by atoms with van der Waals surface area (Å²) in [5.41, 5.74) is 4.70. The van der Waals surface area contributed by atoms with Crippen molar-refractivity contribution in [2.24, 2.45) is 0 Å². The average molecular weight is 513 g/mol. The van der Waals surface area contributed by atoms with Crippen LogP contribution in [0, 0.1) is 11.6 Å². The zero-order valence-electron chi connectivity index (χ0n) is 20.7. The van der Waals surface area contributed by atoms with E-state index in [-0.39, 0.29) is 23.4 Å². The van der Waals surface area contributed by atoms with Crippen molar-refractivity contribution in [3.63, 3.8) is 0 Å². The molecule has 2 unspecified atom stereocenters. The number of likely N-dealkylation sites (N-methyl/N-ethyl adjacent to an activating group) is 1. The van der Waals surface area contributed by atoms with Crippen LogP contribution in [0.1, 0.15) is 39.1 Å². The Balaban J connectivity index is 1.30. The van der Waals surface area contributed by atoms with E-state index in [4.69, 9.17) is 4.74 Å². The summed E-state index contributed by atoms with van der Waals surface area (Å²) in [6.07, 6.45) is 0.0361. The number of ether oxygens (including phenoxy) is 1. The topological polar surface area (TPSA) is 67.4 Å². The first kappa shape index (κ1) is 25.1. The molecule has 0 saturated carbocycles. The second kappa shape index (κ2) is 10.8. The standard InChI is InChI=1S/C31H26F2N2O3/c1-34-31(37)28-26-18-23(10-15-27(26)38-29(28)21-8-13-25(33)14-9-21)20-4-6-22(7-5-20)30(36)35-17-16-19-2-11-24(32)12-3-19/h2-15,18,28-29H,16-17H2,1H3,(H,34,37)(H,35,36). The van der Waals surface area contributed by atoms with Gasteiger partial charge in [-0.25, -0.2) is 8.78 Å². The molecule has 1 aliphatic rings. The SMILES string of the molecule is CNC(=O)C1c2cc(-c3ccc(C(=O)NCCc4ccc(F)cc4)cc3)ccc2OC1c1ccc(F)cc1. The molecule has 1 aliphatic heterocycles. The van der Waals surface area contributed by atoms with Gasteiger partial charge in [-0.1, -0.05) is 42.5 Å². The number of hydrogen-bond acceptors (Lipinski definition) is 3. The van der Waals surface area contributed by atoms with Gasteiger partial charge < -0.3 is 15.4 Å². The maximum absolute atomic E-state index is 13.5. The molecule has 0 bridgehead atoms. The van der Waals surface area contributed by atoms with Gasteiger partial charge in [-0.05, 0) is 77.2 Å². The van der Waals surface area contributed by atoms with Crippen LogP contribution < -0.4 is 15.4 Å². The summed E-state index contributed by atoms with van der Waals surface area (Å²) in [5.74, 6) is -1.01. The minimum atomic E-state index is -0.591. The van der Waals surface area contributed by atoms with E-state index in [1.807, 2.05) is 30.3 Å². The van der Waals surface area contributed by atoms with Gasteiger partial charge in [-0.3, -0.25) is 9.59 Å². The predicted molar refractivity (Wildman–Crippen MR) is 141 cm³/mol. The Morgan fingerprint density at radius 1 is 0.816 bits per heavy atom. The molecule has 0 aromatic heterocycles. The quantitative estimate of drug-likeness (QED) is 0.340. The third-order valence-electron chi connectivity index (χ3n) is 6.72. The van der Waals surface area contributed by atoms with Crippen molar-refractivity contribution in [2.75, 3.05) is 13.6 Å². The van der Waals surface area contributed by atoms with Gasteiger partial charge in [0.2, 0.25) is 5.91 Å². The van der Waals surface area contributed by atoms with Crippen LogP contribution in [-0.4, -0.2) is 25.4 Å². The highest BCUT2D eigenvalue weighted by molar-refractivity contribution is 5.94. The average Bonchev–Trinajstić information content (AvgIpc) is 3.33. The van der Waals surface area contributed by atoms with E-state index in [9.17, 15) is 18.4 Å². The highest BCUT2D eigenvalue weighted by Crippen LogP contribution is 2.47. The van der Waals surface area contributed by atoms with Crippen LogP contribution in [0.2, 0.25) is 0 Å². The van der Waals surface area contributed by atoms with E-state index in [1.54, 1.807) is 43.4 Å². The van der Waals surface area contributed by atoms with Gasteiger partial charge in [0, 0.05) is 24.7 Å². The molecule has 0 aliphatic carbocycles. The Labute approximate surface area is 219 Å². The molecule has 4 aromatic rings. The molecule has 5 nitrogen and oxygen atoms in total. The molecule has 2 N–H and O–H groups in total. The molecule has 4 aromatic carbocycles. The first-order chi connectivity index (χ1) is 18.4. The van der Waals surface area contributed by atoms with Gasteiger partial charge in [-0.15, -0.1) is 0 Å². The largest absolute Gasteiger partial charge is 0.484 e. The second-order valence-corrected chi connectivity index (χ2v) is 9.14. The van der Waals surface area contributed by atoms with Crippen molar-refractivity contribution in [1.82, 2.24) is 10.6 Å². The number of amides is 2. The Kier molecular flexibility index (Phi) is 7.18. The normalized spacial score (nSPS) is 15.9. The zero-order chi connectivity index (χ0) is 26.6. The van der Waals surface area contributed by atoms with Crippen LogP contribution >= 0.6 is 0 Å². The Morgan fingerprint density at radius 3 is 2.11 bits per heavy atom. The Morgan fingerprint density at radius 2 is 1.45 bits per heavy atom. The molecule has 38 heavy (non-hydrogen) atoms. The third kappa shape index (κ3) is 5.27. The lowest BCUT2D eigenvalue weighted by atomic mass is 9.88. The Bertz CT molecular complexity index is 1450. The fraction of sp³-hybridized carbons (Fsp3) is 0.161. The number of carbonyl (C=O) groups is 2. The molecule has 7 heteroatoms. The smallest absolute Gasteiger partial charge is 0.251 e. The fourth-order valence-electron chi connectivity index (χ4n) is 4.68. The van der Waals surface area contributed by atoms with Crippen LogP contribution in [0.25, 0.3) is 11.1 Å². The Hall–Kier alpha value is -4.52. The molecule has 2 atom stereocenters. The lowest BCUT2D eigenvalue weighted by Crippen LogP contribution is -2.28. The molecular weight excluding hydrogens is 486 g/mol. The van der Waals surface area contributed by atoms with E-state index in [0.29, 0.717) is 29.8 Å². The van der Waals surface area contributed by atoms with Crippen LogP contribution in [0.15, 0.2) is 91.0 Å². The van der Waals surface area contributed by atoms with Gasteiger partial charge in [0.15, 0.2) is 0 Å². The lowest BCUT2D eigenvalue weighted by molar-refractivity contribution is -0.123. The number of fused-ring (bicyclic) bond motifs is 1. The number of rotatable bonds is 7. The first-order valence-electron chi connectivity index (χ1n) is 12.3. The maximum Gasteiger partial charge on any atom is 0.251 e. The molecule has 0 saturated heterocycles. The highest BCUT2D eigenvalue weighted by atomic mass is 19.1. The van der Waals surface area contributed by atoms with Crippen molar-refractivity contribution >= 4 is 11.8 Å². The monoisotopic (exact) mass is 512 g/mol. The number of carbonyl (C=O) groups excluding carboxylic acids is 2. The molecule has 0 spiro atoms. The zero-order valence-corrected chi connectivity index (χ0v) is 20.7. The molecule has 192 valence electrons. The maximum atomic E-state index is 13.5. The highest BCUT2D eigenvalue weighted by Gasteiger charge is 2.40. The van der Waals surface area contributed by atoms with E-state index in [2.05, 4.69) is 10.6 Å². The summed E-state index contributed by atoms with van der Waals surface area (Å²) in [4.78, 5) is 25.4. The van der Waals surface area contributed by atoms with Gasteiger partial charge in [-0.2, -0.15) is 0 Å². The summed E-state index contributed by atoms with van der Waals surface area (Å²) < 4.78 is 32.6. The van der Waals surface area contributed by atoms with Crippen molar-refractivity contribution in [3.8, 4) is 16.9 Å². The molecule has 0 fully saturated rings. The molecular formula is C31H26F2N2O3. The summed E-state index contributed by atoms with van der Waals surface area (Å²) in [7, 11) is 1.58. The molecule has 0 radical (unpaired) electrons. The van der Waals surface area contributed by atoms with Crippen LogP contribution in [0.4, 0.5) is 8.78 Å². The van der Waals surface area contributed by atoms with Gasteiger partial charge >= 0.3 is 0 Å². The van der Waals surface area contributed by atoms with E-state index in [1.165, 1.54) is 24.3 Å². The number of hydrogen-bond donors (Lipinski definition) is 2. The summed E-state index contributed by atoms with van der Waals surface area (Å²) in [6, 6.07) is 25.1. The van der Waals surface area contributed by atoms with Crippen molar-refractivity contribution < 1.29 is 23.1 Å². The molecule has 2 amide bonds. The van der Waals surface area contributed by atoms with Gasteiger partial charge in [0.1, 0.15) is 29.4 Å². The van der Waals surface area contributed by atoms with E-state index < -0.39 is 12.0 Å². The van der Waals surface area contributed by atoms with E-state index in [0.717, 1.165) is 22.3 Å². The van der Waals surface area contributed by atoms with Crippen LogP contribution in [-0.2, 0) is 11.2 Å². The minimum absolute atomic E-state index is 0.192. The third-order valence-corrected chi connectivity index (χ3v) is 6.72. The van der Waals surface area contributed by atoms with Gasteiger partial charge in [0.25, 0.3) is 5.91 Å². The molecule has 5 rings (SSSR count). The molecule has 1 heterocycles. The number of nitrogens with one attached hydrogen (secondary N) is 2. The van der Waals surface area contributed by atoms with Gasteiger partial charge in [0.05, 0.1) is 0 Å². The van der Waals surface area contributed by atoms with Crippen LogP contribution in [0.5, 0.6) is 5.75 Å². The fourth-order valence-corrected chi connectivity index (χ4v) is 4.68. The lowest BCUT2D eigenvalue weighted by Gasteiger charge is -2.18.